The molecule has 28 heavy (non-hydrogen) atoms. The number of hydrogen-bond donors (Lipinski definition) is 1. The highest BCUT2D eigenvalue weighted by molar-refractivity contribution is 5.91. The van der Waals surface area contributed by atoms with Crippen molar-refractivity contribution in [3.05, 3.63) is 24.5 Å². The minimum absolute atomic E-state index is 0.0494. The van der Waals surface area contributed by atoms with Crippen molar-refractivity contribution in [2.45, 2.75) is 18.9 Å². The van der Waals surface area contributed by atoms with Crippen LogP contribution in [-0.4, -0.2) is 80.4 Å². The summed E-state index contributed by atoms with van der Waals surface area (Å²) in [7, 11) is 3.98. The number of hydrogen-bond acceptors (Lipinski definition) is 6. The van der Waals surface area contributed by atoms with E-state index >= 15 is 0 Å². The zero-order valence-electron chi connectivity index (χ0n) is 16.6. The van der Waals surface area contributed by atoms with E-state index in [1.165, 1.54) is 0 Å². The van der Waals surface area contributed by atoms with Crippen molar-refractivity contribution in [2.24, 2.45) is 0 Å². The van der Waals surface area contributed by atoms with E-state index in [4.69, 9.17) is 4.74 Å². The van der Waals surface area contributed by atoms with E-state index in [9.17, 15) is 4.79 Å². The lowest BCUT2D eigenvalue weighted by Gasteiger charge is -2.37. The lowest BCUT2D eigenvalue weighted by atomic mass is 10.1. The average molecular weight is 384 g/mol. The fourth-order valence-corrected chi connectivity index (χ4v) is 3.86. The van der Waals surface area contributed by atoms with Crippen LogP contribution in [0.4, 0.5) is 16.3 Å². The van der Waals surface area contributed by atoms with Gasteiger partial charge in [-0.1, -0.05) is 0 Å². The molecule has 2 aromatic rings. The maximum Gasteiger partial charge on any atom is 0.317 e. The third-order valence-electron chi connectivity index (χ3n) is 5.50. The number of aromatic nitrogens is 2. The zero-order chi connectivity index (χ0) is 19.5. The summed E-state index contributed by atoms with van der Waals surface area (Å²) in [6, 6.07) is 6.59. The molecule has 0 aliphatic carbocycles. The molecule has 2 aliphatic heterocycles. The number of benzene rings is 1. The number of nitrogens with one attached hydrogen (secondary N) is 1. The second kappa shape index (κ2) is 8.18. The second-order valence-electron chi connectivity index (χ2n) is 7.60. The fraction of sp³-hybridized carbons (Fsp3) is 0.550. The van der Waals surface area contributed by atoms with Gasteiger partial charge in [0.05, 0.1) is 5.52 Å². The summed E-state index contributed by atoms with van der Waals surface area (Å²) in [5.41, 5.74) is 2.09. The van der Waals surface area contributed by atoms with Crippen molar-refractivity contribution in [3.63, 3.8) is 0 Å². The summed E-state index contributed by atoms with van der Waals surface area (Å²) in [4.78, 5) is 27.6. The molecule has 8 heteroatoms. The van der Waals surface area contributed by atoms with Crippen LogP contribution in [0.1, 0.15) is 12.8 Å². The molecule has 2 saturated heterocycles. The number of fused-ring (bicyclic) bond motifs is 1. The van der Waals surface area contributed by atoms with E-state index in [0.29, 0.717) is 0 Å². The molecular weight excluding hydrogens is 356 g/mol. The molecule has 0 atom stereocenters. The molecule has 1 aromatic heterocycles. The molecule has 0 bridgehead atoms. The van der Waals surface area contributed by atoms with Crippen LogP contribution in [-0.2, 0) is 4.74 Å². The van der Waals surface area contributed by atoms with Crippen molar-refractivity contribution < 1.29 is 9.53 Å². The SMILES string of the molecule is CN(C)c1ncnc2ccc(N3CCN(C(=O)NC4CCOCC4)CC3)cc12. The minimum Gasteiger partial charge on any atom is -0.381 e. The van der Waals surface area contributed by atoms with Crippen molar-refractivity contribution in [1.29, 1.82) is 0 Å². The zero-order valence-corrected chi connectivity index (χ0v) is 16.6. The first-order valence-corrected chi connectivity index (χ1v) is 9.92. The molecule has 2 aliphatic rings. The Morgan fingerprint density at radius 1 is 1.14 bits per heavy atom. The molecule has 0 unspecified atom stereocenters. The van der Waals surface area contributed by atoms with Gasteiger partial charge in [0.2, 0.25) is 0 Å². The number of amides is 2. The van der Waals surface area contributed by atoms with Crippen LogP contribution in [0.3, 0.4) is 0 Å². The van der Waals surface area contributed by atoms with Gasteiger partial charge in [-0.2, -0.15) is 0 Å². The first-order valence-electron chi connectivity index (χ1n) is 9.92. The van der Waals surface area contributed by atoms with E-state index in [0.717, 1.165) is 74.6 Å². The van der Waals surface area contributed by atoms with E-state index in [2.05, 4.69) is 32.3 Å². The fourth-order valence-electron chi connectivity index (χ4n) is 3.86. The quantitative estimate of drug-likeness (QED) is 0.868. The average Bonchev–Trinajstić information content (AvgIpc) is 2.73. The Bertz CT molecular complexity index is 829. The lowest BCUT2D eigenvalue weighted by molar-refractivity contribution is 0.0779. The van der Waals surface area contributed by atoms with Crippen molar-refractivity contribution in [3.8, 4) is 0 Å². The number of carbonyl (C=O) groups is 1. The summed E-state index contributed by atoms with van der Waals surface area (Å²) < 4.78 is 5.36. The van der Waals surface area contributed by atoms with Gasteiger partial charge in [0, 0.05) is 70.6 Å². The number of urea groups is 1. The first kappa shape index (κ1) is 18.7. The Hall–Kier alpha value is -2.61. The highest BCUT2D eigenvalue weighted by Crippen LogP contribution is 2.27. The van der Waals surface area contributed by atoms with E-state index in [1.54, 1.807) is 6.33 Å². The monoisotopic (exact) mass is 384 g/mol. The number of piperazine rings is 1. The number of ether oxygens (including phenoxy) is 1. The summed E-state index contributed by atoms with van der Waals surface area (Å²) in [5.74, 6) is 0.918. The molecule has 150 valence electrons. The van der Waals surface area contributed by atoms with Gasteiger partial charge in [-0.15, -0.1) is 0 Å². The lowest BCUT2D eigenvalue weighted by Crippen LogP contribution is -2.54. The van der Waals surface area contributed by atoms with Gasteiger partial charge in [-0.25, -0.2) is 14.8 Å². The summed E-state index contributed by atoms with van der Waals surface area (Å²) in [5, 5.41) is 4.20. The number of anilines is 2. The van der Waals surface area contributed by atoms with Crippen molar-refractivity contribution in [1.82, 2.24) is 20.2 Å². The molecule has 1 aromatic carbocycles. The Labute approximate surface area is 165 Å². The molecular formula is C20H28N6O2. The van der Waals surface area contributed by atoms with Crippen molar-refractivity contribution in [2.75, 3.05) is 63.3 Å². The van der Waals surface area contributed by atoms with Gasteiger partial charge in [-0.3, -0.25) is 0 Å². The molecule has 4 rings (SSSR count). The first-order chi connectivity index (χ1) is 13.6. The summed E-state index contributed by atoms with van der Waals surface area (Å²) in [6.45, 7) is 4.55. The highest BCUT2D eigenvalue weighted by Gasteiger charge is 2.24. The van der Waals surface area contributed by atoms with E-state index in [-0.39, 0.29) is 12.1 Å². The van der Waals surface area contributed by atoms with Gasteiger partial charge in [0.1, 0.15) is 12.1 Å². The Balaban J connectivity index is 1.40. The third kappa shape index (κ3) is 3.96. The predicted molar refractivity (Wildman–Crippen MR) is 110 cm³/mol. The van der Waals surface area contributed by atoms with Crippen LogP contribution >= 0.6 is 0 Å². The molecule has 3 heterocycles. The van der Waals surface area contributed by atoms with Crippen molar-refractivity contribution >= 4 is 28.4 Å². The van der Waals surface area contributed by atoms with Gasteiger partial charge in [0.15, 0.2) is 0 Å². The maximum atomic E-state index is 12.5. The smallest absolute Gasteiger partial charge is 0.317 e. The topological polar surface area (TPSA) is 73.8 Å². The maximum absolute atomic E-state index is 12.5. The largest absolute Gasteiger partial charge is 0.381 e. The van der Waals surface area contributed by atoms with Crippen LogP contribution in [0.2, 0.25) is 0 Å². The van der Waals surface area contributed by atoms with Gasteiger partial charge >= 0.3 is 6.03 Å². The molecule has 0 radical (unpaired) electrons. The van der Waals surface area contributed by atoms with Gasteiger partial charge in [-0.05, 0) is 31.0 Å². The minimum atomic E-state index is 0.0494. The van der Waals surface area contributed by atoms with E-state index < -0.39 is 0 Å². The standard InChI is InChI=1S/C20H28N6O2/c1-24(2)19-17-13-16(3-4-18(17)21-14-22-19)25-7-9-26(10-8-25)20(27)23-15-5-11-28-12-6-15/h3-4,13-15H,5-12H2,1-2H3,(H,23,27). The Kier molecular flexibility index (Phi) is 5.47. The molecule has 2 amide bonds. The van der Waals surface area contributed by atoms with Gasteiger partial charge in [0.25, 0.3) is 0 Å². The number of rotatable bonds is 3. The van der Waals surface area contributed by atoms with Crippen LogP contribution in [0.5, 0.6) is 0 Å². The van der Waals surface area contributed by atoms with E-state index in [1.807, 2.05) is 30.0 Å². The van der Waals surface area contributed by atoms with Crippen LogP contribution in [0, 0.1) is 0 Å². The molecule has 8 nitrogen and oxygen atoms in total. The van der Waals surface area contributed by atoms with Crippen LogP contribution in [0.25, 0.3) is 10.9 Å². The van der Waals surface area contributed by atoms with Gasteiger partial charge < -0.3 is 24.8 Å². The number of nitrogens with zero attached hydrogens (tertiary/aromatic N) is 5. The molecule has 1 N–H and O–H groups in total. The van der Waals surface area contributed by atoms with Crippen LogP contribution in [0.15, 0.2) is 24.5 Å². The number of carbonyl (C=O) groups excluding carboxylic acids is 1. The predicted octanol–water partition coefficient (Wildman–Crippen LogP) is 1.71. The van der Waals surface area contributed by atoms with Crippen LogP contribution < -0.4 is 15.1 Å². The summed E-state index contributed by atoms with van der Waals surface area (Å²) >= 11 is 0. The molecule has 2 fully saturated rings. The normalized spacial score (nSPS) is 18.4. The summed E-state index contributed by atoms with van der Waals surface area (Å²) in [6.07, 6.45) is 3.41. The Morgan fingerprint density at radius 3 is 2.61 bits per heavy atom. The Morgan fingerprint density at radius 2 is 1.89 bits per heavy atom. The second-order valence-corrected chi connectivity index (χ2v) is 7.60. The molecule has 0 spiro atoms. The third-order valence-corrected chi connectivity index (χ3v) is 5.50. The highest BCUT2D eigenvalue weighted by atomic mass is 16.5. The molecule has 0 saturated carbocycles.